The Labute approximate surface area is 109 Å². The molecule has 0 amide bonds. The number of halogens is 3. The number of hydrogen-bond donors (Lipinski definition) is 0. The van der Waals surface area contributed by atoms with Crippen molar-refractivity contribution in [1.29, 1.82) is 0 Å². The SMILES string of the molecule is CC(C)(C)COCC(C)(C)C.ClC(Cl)Cl. The molecule has 0 aromatic heterocycles. The molecule has 0 rings (SSSR count). The van der Waals surface area contributed by atoms with Crippen LogP contribution < -0.4 is 0 Å². The average molecular weight is 278 g/mol. The van der Waals surface area contributed by atoms with Gasteiger partial charge in [-0.15, -0.1) is 0 Å². The van der Waals surface area contributed by atoms with Gasteiger partial charge >= 0.3 is 0 Å². The summed E-state index contributed by atoms with van der Waals surface area (Å²) < 4.78 is 4.81. The highest BCUT2D eigenvalue weighted by molar-refractivity contribution is 6.63. The minimum atomic E-state index is -0.750. The minimum absolute atomic E-state index is 0.297. The highest BCUT2D eigenvalue weighted by Crippen LogP contribution is 2.17. The molecule has 0 aromatic carbocycles. The molecule has 0 saturated heterocycles. The third-order valence-corrected chi connectivity index (χ3v) is 1.07. The summed E-state index contributed by atoms with van der Waals surface area (Å²) in [6.45, 7) is 14.8. The van der Waals surface area contributed by atoms with Crippen LogP contribution in [-0.2, 0) is 4.74 Å². The van der Waals surface area contributed by atoms with Crippen LogP contribution in [0.1, 0.15) is 41.5 Å². The number of alkyl halides is 3. The minimum Gasteiger partial charge on any atom is -0.380 e. The predicted octanol–water partition coefficient (Wildman–Crippen LogP) is 5.08. The van der Waals surface area contributed by atoms with E-state index in [1.54, 1.807) is 0 Å². The Bertz CT molecular complexity index is 128. The maximum Gasteiger partial charge on any atom is 0.180 e. The maximum atomic E-state index is 5.56. The lowest BCUT2D eigenvalue weighted by Crippen LogP contribution is -2.21. The van der Waals surface area contributed by atoms with Gasteiger partial charge in [0.05, 0.1) is 13.2 Å². The van der Waals surface area contributed by atoms with E-state index >= 15 is 0 Å². The summed E-state index contributed by atoms with van der Waals surface area (Å²) in [5, 5.41) is 0. The van der Waals surface area contributed by atoms with Crippen molar-refractivity contribution in [3.8, 4) is 0 Å². The van der Waals surface area contributed by atoms with E-state index in [2.05, 4.69) is 41.5 Å². The van der Waals surface area contributed by atoms with Crippen LogP contribution in [-0.4, -0.2) is 17.5 Å². The van der Waals surface area contributed by atoms with Crippen molar-refractivity contribution in [2.75, 3.05) is 13.2 Å². The van der Waals surface area contributed by atoms with E-state index in [1.807, 2.05) is 0 Å². The highest BCUT2D eigenvalue weighted by Gasteiger charge is 2.14. The quantitative estimate of drug-likeness (QED) is 0.640. The summed E-state index contributed by atoms with van der Waals surface area (Å²) in [4.78, 5) is 0. The van der Waals surface area contributed by atoms with Crippen molar-refractivity contribution in [1.82, 2.24) is 0 Å². The molecule has 0 radical (unpaired) electrons. The molecular formula is C11H23Cl3O. The molecule has 0 aliphatic carbocycles. The van der Waals surface area contributed by atoms with Crippen LogP contribution >= 0.6 is 34.8 Å². The van der Waals surface area contributed by atoms with E-state index in [9.17, 15) is 0 Å². The predicted molar refractivity (Wildman–Crippen MR) is 71.1 cm³/mol. The van der Waals surface area contributed by atoms with E-state index in [-0.39, 0.29) is 0 Å². The number of hydrogen-bond acceptors (Lipinski definition) is 1. The maximum absolute atomic E-state index is 5.56. The molecule has 0 saturated carbocycles. The van der Waals surface area contributed by atoms with Crippen LogP contribution in [0.15, 0.2) is 0 Å². The standard InChI is InChI=1S/C10H22O.CHCl3/c1-9(2,3)7-11-8-10(4,5)6;2-1(3)4/h7-8H2,1-6H3;1H. The van der Waals surface area contributed by atoms with Gasteiger partial charge in [0.2, 0.25) is 0 Å². The van der Waals surface area contributed by atoms with E-state index in [4.69, 9.17) is 39.5 Å². The smallest absolute Gasteiger partial charge is 0.180 e. The average Bonchev–Trinajstić information content (AvgIpc) is 1.77. The molecule has 0 fully saturated rings. The number of rotatable bonds is 2. The van der Waals surface area contributed by atoms with Gasteiger partial charge in [-0.3, -0.25) is 0 Å². The van der Waals surface area contributed by atoms with Crippen molar-refractivity contribution in [3.05, 3.63) is 0 Å². The monoisotopic (exact) mass is 276 g/mol. The summed E-state index contributed by atoms with van der Waals surface area (Å²) in [6, 6.07) is 0. The summed E-state index contributed by atoms with van der Waals surface area (Å²) in [5.74, 6) is 0. The van der Waals surface area contributed by atoms with Crippen molar-refractivity contribution in [2.24, 2.45) is 10.8 Å². The lowest BCUT2D eigenvalue weighted by atomic mass is 9.97. The van der Waals surface area contributed by atoms with Gasteiger partial charge in [-0.1, -0.05) is 76.3 Å². The Hall–Kier alpha value is 0.830. The van der Waals surface area contributed by atoms with E-state index in [0.717, 1.165) is 13.2 Å². The van der Waals surface area contributed by atoms with Gasteiger partial charge in [-0.05, 0) is 10.8 Å². The summed E-state index contributed by atoms with van der Waals surface area (Å²) in [6.07, 6.45) is 0. The Kier molecular flexibility index (Phi) is 9.71. The summed E-state index contributed by atoms with van der Waals surface area (Å²) in [5.41, 5.74) is 0.594. The van der Waals surface area contributed by atoms with Crippen LogP contribution in [0.5, 0.6) is 0 Å². The van der Waals surface area contributed by atoms with E-state index in [1.165, 1.54) is 0 Å². The Morgan fingerprint density at radius 1 is 0.800 bits per heavy atom. The molecule has 0 aromatic rings. The molecule has 15 heavy (non-hydrogen) atoms. The first kappa shape index (κ1) is 18.2. The zero-order valence-electron chi connectivity index (χ0n) is 10.5. The molecule has 0 aliphatic heterocycles. The third-order valence-electron chi connectivity index (χ3n) is 1.07. The second-order valence-corrected chi connectivity index (χ2v) is 7.84. The first-order valence-corrected chi connectivity index (χ1v) is 6.25. The van der Waals surface area contributed by atoms with Crippen LogP contribution in [0.4, 0.5) is 0 Å². The topological polar surface area (TPSA) is 9.23 Å². The molecule has 1 nitrogen and oxygen atoms in total. The van der Waals surface area contributed by atoms with Crippen molar-refractivity contribution in [2.45, 2.75) is 45.8 Å². The van der Waals surface area contributed by atoms with Gasteiger partial charge in [-0.2, -0.15) is 0 Å². The lowest BCUT2D eigenvalue weighted by Gasteiger charge is -2.23. The molecule has 94 valence electrons. The van der Waals surface area contributed by atoms with Crippen LogP contribution in [0.25, 0.3) is 0 Å². The van der Waals surface area contributed by atoms with Crippen molar-refractivity contribution < 1.29 is 4.74 Å². The fourth-order valence-corrected chi connectivity index (χ4v) is 0.663. The molecule has 0 spiro atoms. The molecule has 0 unspecified atom stereocenters. The van der Waals surface area contributed by atoms with Gasteiger partial charge in [0.15, 0.2) is 4.30 Å². The summed E-state index contributed by atoms with van der Waals surface area (Å²) in [7, 11) is 0. The fraction of sp³-hybridized carbons (Fsp3) is 1.00. The Morgan fingerprint density at radius 3 is 1.13 bits per heavy atom. The van der Waals surface area contributed by atoms with Crippen molar-refractivity contribution in [3.63, 3.8) is 0 Å². The van der Waals surface area contributed by atoms with Gasteiger partial charge in [0.25, 0.3) is 0 Å². The van der Waals surface area contributed by atoms with Crippen molar-refractivity contribution >= 4 is 34.8 Å². The van der Waals surface area contributed by atoms with Gasteiger partial charge in [0.1, 0.15) is 0 Å². The fourth-order valence-electron chi connectivity index (χ4n) is 0.663. The van der Waals surface area contributed by atoms with Crippen LogP contribution in [0, 0.1) is 10.8 Å². The molecule has 0 N–H and O–H groups in total. The summed E-state index contributed by atoms with van der Waals surface area (Å²) >= 11 is 14.4. The molecule has 4 heteroatoms. The van der Waals surface area contributed by atoms with Crippen LogP contribution in [0.3, 0.4) is 0 Å². The van der Waals surface area contributed by atoms with E-state index in [0.29, 0.717) is 10.8 Å². The molecular weight excluding hydrogens is 254 g/mol. The molecule has 0 bridgehead atoms. The second kappa shape index (κ2) is 8.00. The first-order chi connectivity index (χ1) is 6.44. The zero-order valence-corrected chi connectivity index (χ0v) is 12.8. The zero-order chi connectivity index (χ0) is 12.7. The highest BCUT2D eigenvalue weighted by atomic mass is 35.6. The molecule has 0 atom stereocenters. The lowest BCUT2D eigenvalue weighted by molar-refractivity contribution is 0.0275. The van der Waals surface area contributed by atoms with Gasteiger partial charge < -0.3 is 4.74 Å². The third kappa shape index (κ3) is 31.3. The van der Waals surface area contributed by atoms with Gasteiger partial charge in [0, 0.05) is 0 Å². The largest absolute Gasteiger partial charge is 0.380 e. The Balaban J connectivity index is 0. The Morgan fingerprint density at radius 2 is 1.00 bits per heavy atom. The molecule has 0 heterocycles. The normalized spacial score (nSPS) is 12.4. The number of ether oxygens (including phenoxy) is 1. The second-order valence-electron chi connectivity index (χ2n) is 5.86. The molecule has 0 aliphatic rings. The van der Waals surface area contributed by atoms with Gasteiger partial charge in [-0.25, -0.2) is 0 Å². The van der Waals surface area contributed by atoms with Crippen LogP contribution in [0.2, 0.25) is 0 Å². The first-order valence-electron chi connectivity index (χ1n) is 4.94. The van der Waals surface area contributed by atoms with E-state index < -0.39 is 4.30 Å².